The summed E-state index contributed by atoms with van der Waals surface area (Å²) in [4.78, 5) is 52.1. The molecule has 2 aromatic carbocycles. The summed E-state index contributed by atoms with van der Waals surface area (Å²) in [6, 6.07) is 17.5. The molecule has 40 heavy (non-hydrogen) atoms. The maximum Gasteiger partial charge on any atom is 0.262 e. The summed E-state index contributed by atoms with van der Waals surface area (Å²) < 4.78 is 15.4. The van der Waals surface area contributed by atoms with E-state index in [0.717, 1.165) is 5.56 Å². The summed E-state index contributed by atoms with van der Waals surface area (Å²) >= 11 is 6.17. The molecule has 7 nitrogen and oxygen atoms in total. The van der Waals surface area contributed by atoms with Gasteiger partial charge in [-0.3, -0.25) is 24.3 Å². The quantitative estimate of drug-likeness (QED) is 0.352. The standard InChI is InChI=1S/C31H24ClFN4O3/c32-22-7-9-24-21(15-22)16-28(38)27(17-23-5-1-2-11-34-23)37(30(24)39)18-19-6-8-25(26(33)14-19)31(40)36-13-10-20-4-3-12-35-29(20)36/h1-9,11-12,14-15,27H,10,13,16-18H2/t27-/m1/s1. The lowest BCUT2D eigenvalue weighted by Gasteiger charge is -2.29. The fourth-order valence-corrected chi connectivity index (χ4v) is 5.59. The SMILES string of the molecule is O=C1Cc2cc(Cl)ccc2C(=O)N(Cc2ccc(C(=O)N3CCc4cccnc43)c(F)c2)[C@@H]1Cc1ccccn1. The third-order valence-corrected chi connectivity index (χ3v) is 7.62. The number of halogens is 2. The molecule has 4 heterocycles. The van der Waals surface area contributed by atoms with E-state index in [0.29, 0.717) is 46.2 Å². The molecule has 0 aliphatic carbocycles. The van der Waals surface area contributed by atoms with Crippen LogP contribution in [-0.2, 0) is 30.6 Å². The Morgan fingerprint density at radius 1 is 0.975 bits per heavy atom. The summed E-state index contributed by atoms with van der Waals surface area (Å²) in [6.45, 7) is 0.402. The Hall–Kier alpha value is -4.43. The monoisotopic (exact) mass is 554 g/mol. The summed E-state index contributed by atoms with van der Waals surface area (Å²) in [7, 11) is 0. The second kappa shape index (κ2) is 10.6. The Bertz CT molecular complexity index is 1650. The zero-order valence-electron chi connectivity index (χ0n) is 21.4. The van der Waals surface area contributed by atoms with Crippen LogP contribution in [0.1, 0.15) is 43.1 Å². The normalized spacial score (nSPS) is 16.5. The molecule has 6 rings (SSSR count). The van der Waals surface area contributed by atoms with E-state index in [-0.39, 0.29) is 36.6 Å². The van der Waals surface area contributed by atoms with Gasteiger partial charge in [0.25, 0.3) is 11.8 Å². The van der Waals surface area contributed by atoms with E-state index >= 15 is 4.39 Å². The van der Waals surface area contributed by atoms with Crippen molar-refractivity contribution in [2.24, 2.45) is 0 Å². The Labute approximate surface area is 235 Å². The lowest BCUT2D eigenvalue weighted by molar-refractivity contribution is -0.122. The topological polar surface area (TPSA) is 83.5 Å². The van der Waals surface area contributed by atoms with Crippen LogP contribution in [0.15, 0.2) is 79.1 Å². The molecule has 2 aliphatic heterocycles. The summed E-state index contributed by atoms with van der Waals surface area (Å²) in [5.74, 6) is -1.14. The molecule has 0 unspecified atom stereocenters. The number of anilines is 1. The fraction of sp³-hybridized carbons (Fsp3) is 0.194. The van der Waals surface area contributed by atoms with Crippen LogP contribution in [0.4, 0.5) is 10.2 Å². The van der Waals surface area contributed by atoms with Crippen molar-refractivity contribution in [3.05, 3.63) is 123 Å². The van der Waals surface area contributed by atoms with Crippen LogP contribution in [0.2, 0.25) is 5.02 Å². The summed E-state index contributed by atoms with van der Waals surface area (Å²) in [5, 5.41) is 0.437. The van der Waals surface area contributed by atoms with E-state index in [4.69, 9.17) is 11.6 Å². The lowest BCUT2D eigenvalue weighted by atomic mass is 9.99. The van der Waals surface area contributed by atoms with E-state index in [1.807, 2.05) is 18.2 Å². The zero-order chi connectivity index (χ0) is 27.8. The summed E-state index contributed by atoms with van der Waals surface area (Å²) in [5.41, 5.74) is 2.92. The van der Waals surface area contributed by atoms with Crippen LogP contribution >= 0.6 is 11.6 Å². The molecule has 2 aromatic heterocycles. The molecule has 9 heteroatoms. The number of fused-ring (bicyclic) bond motifs is 2. The van der Waals surface area contributed by atoms with Crippen LogP contribution in [0, 0.1) is 5.82 Å². The largest absolute Gasteiger partial charge is 0.324 e. The number of rotatable bonds is 5. The highest BCUT2D eigenvalue weighted by molar-refractivity contribution is 6.30. The van der Waals surface area contributed by atoms with Crippen molar-refractivity contribution in [1.29, 1.82) is 0 Å². The highest BCUT2D eigenvalue weighted by Crippen LogP contribution is 2.29. The van der Waals surface area contributed by atoms with Crippen LogP contribution < -0.4 is 4.90 Å². The van der Waals surface area contributed by atoms with Gasteiger partial charge in [0.05, 0.1) is 11.6 Å². The first-order valence-electron chi connectivity index (χ1n) is 13.0. The fourth-order valence-electron chi connectivity index (χ4n) is 5.39. The first-order chi connectivity index (χ1) is 19.4. The molecule has 200 valence electrons. The molecule has 0 N–H and O–H groups in total. The number of pyridine rings is 2. The van der Waals surface area contributed by atoms with Gasteiger partial charge in [0.1, 0.15) is 11.6 Å². The van der Waals surface area contributed by atoms with Crippen LogP contribution in [-0.4, -0.2) is 45.1 Å². The van der Waals surface area contributed by atoms with E-state index < -0.39 is 17.8 Å². The van der Waals surface area contributed by atoms with Gasteiger partial charge in [-0.1, -0.05) is 29.8 Å². The number of nitrogens with zero attached hydrogens (tertiary/aromatic N) is 4. The second-order valence-electron chi connectivity index (χ2n) is 9.93. The molecule has 0 fully saturated rings. The van der Waals surface area contributed by atoms with Crippen LogP contribution in [0.5, 0.6) is 0 Å². The van der Waals surface area contributed by atoms with Gasteiger partial charge in [0.2, 0.25) is 0 Å². The Balaban J connectivity index is 1.31. The number of benzene rings is 2. The summed E-state index contributed by atoms with van der Waals surface area (Å²) in [6.07, 6.45) is 4.16. The number of aromatic nitrogens is 2. The molecule has 1 atom stereocenters. The van der Waals surface area contributed by atoms with Crippen molar-refractivity contribution >= 4 is 35.0 Å². The smallest absolute Gasteiger partial charge is 0.262 e. The number of Topliss-reactive ketones (excluding diaryl/α,β-unsaturated/α-hetero) is 1. The average Bonchev–Trinajstić information content (AvgIpc) is 3.36. The molecule has 2 amide bonds. The molecular formula is C31H24ClFN4O3. The Morgan fingerprint density at radius 3 is 2.62 bits per heavy atom. The molecule has 4 aromatic rings. The average molecular weight is 555 g/mol. The molecule has 0 saturated carbocycles. The first-order valence-corrected chi connectivity index (χ1v) is 13.3. The molecule has 0 radical (unpaired) electrons. The van der Waals surface area contributed by atoms with Crippen LogP contribution in [0.3, 0.4) is 0 Å². The minimum atomic E-state index is -0.815. The number of hydrogen-bond donors (Lipinski definition) is 0. The molecule has 0 spiro atoms. The predicted molar refractivity (Wildman–Crippen MR) is 148 cm³/mol. The number of carbonyl (C=O) groups is 3. The van der Waals surface area contributed by atoms with Crippen molar-refractivity contribution in [2.45, 2.75) is 31.8 Å². The van der Waals surface area contributed by atoms with Crippen molar-refractivity contribution in [2.75, 3.05) is 11.4 Å². The predicted octanol–water partition coefficient (Wildman–Crippen LogP) is 4.85. The van der Waals surface area contributed by atoms with E-state index in [2.05, 4.69) is 9.97 Å². The molecular weight excluding hydrogens is 531 g/mol. The number of amides is 2. The first kappa shape index (κ1) is 25.8. The lowest BCUT2D eigenvalue weighted by Crippen LogP contribution is -2.45. The minimum Gasteiger partial charge on any atom is -0.324 e. The van der Waals surface area contributed by atoms with Gasteiger partial charge in [0.15, 0.2) is 5.78 Å². The highest BCUT2D eigenvalue weighted by atomic mass is 35.5. The number of carbonyl (C=O) groups excluding carboxylic acids is 3. The maximum absolute atomic E-state index is 15.4. The number of ketones is 1. The van der Waals surface area contributed by atoms with Crippen molar-refractivity contribution in [3.8, 4) is 0 Å². The zero-order valence-corrected chi connectivity index (χ0v) is 22.1. The van der Waals surface area contributed by atoms with Gasteiger partial charge < -0.3 is 4.90 Å². The van der Waals surface area contributed by atoms with E-state index in [1.165, 1.54) is 21.9 Å². The molecule has 0 saturated heterocycles. The van der Waals surface area contributed by atoms with E-state index in [9.17, 15) is 14.4 Å². The third kappa shape index (κ3) is 4.86. The van der Waals surface area contributed by atoms with Gasteiger partial charge in [-0.05, 0) is 71.6 Å². The molecule has 0 bridgehead atoms. The van der Waals surface area contributed by atoms with Crippen molar-refractivity contribution in [3.63, 3.8) is 0 Å². The minimum absolute atomic E-state index is 0.0242. The Kier molecular flexibility index (Phi) is 6.86. The Morgan fingerprint density at radius 2 is 1.82 bits per heavy atom. The second-order valence-corrected chi connectivity index (χ2v) is 10.4. The van der Waals surface area contributed by atoms with Crippen molar-refractivity contribution in [1.82, 2.24) is 14.9 Å². The van der Waals surface area contributed by atoms with Gasteiger partial charge in [-0.15, -0.1) is 0 Å². The van der Waals surface area contributed by atoms with Crippen LogP contribution in [0.25, 0.3) is 0 Å². The third-order valence-electron chi connectivity index (χ3n) is 7.39. The van der Waals surface area contributed by atoms with E-state index in [1.54, 1.807) is 48.8 Å². The van der Waals surface area contributed by atoms with Gasteiger partial charge in [-0.2, -0.15) is 0 Å². The van der Waals surface area contributed by atoms with Gasteiger partial charge in [-0.25, -0.2) is 9.37 Å². The highest BCUT2D eigenvalue weighted by Gasteiger charge is 2.36. The molecule has 2 aliphatic rings. The van der Waals surface area contributed by atoms with Gasteiger partial charge >= 0.3 is 0 Å². The van der Waals surface area contributed by atoms with Gasteiger partial charge in [0, 0.05) is 54.6 Å². The maximum atomic E-state index is 15.4. The number of hydrogen-bond acceptors (Lipinski definition) is 5. The van der Waals surface area contributed by atoms with Crippen molar-refractivity contribution < 1.29 is 18.8 Å².